The fourth-order valence-electron chi connectivity index (χ4n) is 4.59. The smallest absolute Gasteiger partial charge is 0.0547 e. The third kappa shape index (κ3) is 3.83. The first-order chi connectivity index (χ1) is 16.2. The van der Waals surface area contributed by atoms with Crippen LogP contribution in [0.3, 0.4) is 0 Å². The Labute approximate surface area is 196 Å². The van der Waals surface area contributed by atoms with Crippen LogP contribution >= 0.6 is 0 Å². The summed E-state index contributed by atoms with van der Waals surface area (Å²) in [6.07, 6.45) is 6.24. The summed E-state index contributed by atoms with van der Waals surface area (Å²) in [6, 6.07) is 34.8. The fourth-order valence-corrected chi connectivity index (χ4v) is 4.59. The van der Waals surface area contributed by atoms with Crippen molar-refractivity contribution in [2.24, 2.45) is 0 Å². The van der Waals surface area contributed by atoms with Gasteiger partial charge in [0.15, 0.2) is 0 Å². The third-order valence-electron chi connectivity index (χ3n) is 6.16. The second-order valence-corrected chi connectivity index (χ2v) is 8.35. The molecule has 1 aromatic heterocycles. The van der Waals surface area contributed by atoms with Gasteiger partial charge in [-0.15, -0.1) is 0 Å². The van der Waals surface area contributed by atoms with E-state index in [9.17, 15) is 0 Å². The fraction of sp³-hybridized carbons (Fsp3) is 0.0625. The molecule has 5 rings (SSSR count). The molecule has 1 heteroatoms. The molecule has 1 heterocycles. The lowest BCUT2D eigenvalue weighted by Crippen LogP contribution is -1.97. The van der Waals surface area contributed by atoms with Crippen LogP contribution < -0.4 is 0 Å². The van der Waals surface area contributed by atoms with Gasteiger partial charge >= 0.3 is 0 Å². The highest BCUT2D eigenvalue weighted by atomic mass is 15.0. The molecule has 0 atom stereocenters. The van der Waals surface area contributed by atoms with Crippen LogP contribution in [0.15, 0.2) is 110 Å². The van der Waals surface area contributed by atoms with Crippen molar-refractivity contribution in [1.29, 1.82) is 0 Å². The molecule has 0 saturated heterocycles. The monoisotopic (exact) mass is 425 g/mol. The molecule has 4 aromatic carbocycles. The maximum Gasteiger partial charge on any atom is 0.0547 e. The zero-order valence-electron chi connectivity index (χ0n) is 19.1. The van der Waals surface area contributed by atoms with E-state index in [1.807, 2.05) is 6.08 Å². The number of aryl methyl sites for hydroxylation is 1. The van der Waals surface area contributed by atoms with Gasteiger partial charge in [-0.3, -0.25) is 0 Å². The first kappa shape index (κ1) is 20.8. The van der Waals surface area contributed by atoms with E-state index in [-0.39, 0.29) is 0 Å². The lowest BCUT2D eigenvalue weighted by molar-refractivity contribution is 1.10. The topological polar surface area (TPSA) is 4.93 Å². The highest BCUT2D eigenvalue weighted by molar-refractivity contribution is 5.97. The second kappa shape index (κ2) is 8.80. The van der Waals surface area contributed by atoms with Crippen molar-refractivity contribution >= 4 is 23.1 Å². The summed E-state index contributed by atoms with van der Waals surface area (Å²) in [6.45, 7) is 8.33. The third-order valence-corrected chi connectivity index (χ3v) is 6.16. The number of benzene rings is 4. The van der Waals surface area contributed by atoms with E-state index in [1.54, 1.807) is 0 Å². The molecular weight excluding hydrogens is 398 g/mol. The Morgan fingerprint density at radius 3 is 2.06 bits per heavy atom. The molecule has 160 valence electrons. The van der Waals surface area contributed by atoms with Gasteiger partial charge in [0, 0.05) is 16.6 Å². The van der Waals surface area contributed by atoms with Gasteiger partial charge in [0.1, 0.15) is 0 Å². The maximum absolute atomic E-state index is 4.13. The Balaban J connectivity index is 1.73. The van der Waals surface area contributed by atoms with Crippen molar-refractivity contribution in [3.63, 3.8) is 0 Å². The quantitative estimate of drug-likeness (QED) is 0.265. The minimum Gasteiger partial charge on any atom is -0.309 e. The van der Waals surface area contributed by atoms with Gasteiger partial charge in [-0.2, -0.15) is 0 Å². The molecule has 0 saturated carbocycles. The first-order valence-electron chi connectivity index (χ1n) is 11.4. The maximum atomic E-state index is 4.13. The van der Waals surface area contributed by atoms with E-state index in [0.29, 0.717) is 0 Å². The summed E-state index contributed by atoms with van der Waals surface area (Å²) >= 11 is 0. The van der Waals surface area contributed by atoms with Gasteiger partial charge in [-0.1, -0.05) is 103 Å². The summed E-state index contributed by atoms with van der Waals surface area (Å²) in [5.74, 6) is 0. The van der Waals surface area contributed by atoms with Crippen LogP contribution in [-0.2, 0) is 0 Å². The largest absolute Gasteiger partial charge is 0.309 e. The van der Waals surface area contributed by atoms with Crippen LogP contribution in [0.4, 0.5) is 0 Å². The highest BCUT2D eigenvalue weighted by Gasteiger charge is 2.16. The normalized spacial score (nSPS) is 11.3. The Kier molecular flexibility index (Phi) is 5.54. The highest BCUT2D eigenvalue weighted by Crippen LogP contribution is 2.35. The number of aromatic nitrogens is 1. The molecule has 5 aromatic rings. The van der Waals surface area contributed by atoms with Gasteiger partial charge in [0.2, 0.25) is 0 Å². The van der Waals surface area contributed by atoms with E-state index in [1.165, 1.54) is 38.7 Å². The molecule has 0 aliphatic carbocycles. The van der Waals surface area contributed by atoms with E-state index >= 15 is 0 Å². The van der Waals surface area contributed by atoms with Crippen LogP contribution in [0.25, 0.3) is 51.0 Å². The van der Waals surface area contributed by atoms with Crippen molar-refractivity contribution in [1.82, 2.24) is 4.57 Å². The Hall–Kier alpha value is -4.10. The van der Waals surface area contributed by atoms with Gasteiger partial charge in [-0.05, 0) is 60.4 Å². The molecule has 0 spiro atoms. The van der Waals surface area contributed by atoms with E-state index in [0.717, 1.165) is 16.9 Å². The molecule has 0 unspecified atom stereocenters. The Morgan fingerprint density at radius 1 is 0.697 bits per heavy atom. The van der Waals surface area contributed by atoms with Crippen molar-refractivity contribution < 1.29 is 0 Å². The average molecular weight is 426 g/mol. The van der Waals surface area contributed by atoms with Gasteiger partial charge in [0.05, 0.1) is 11.2 Å². The van der Waals surface area contributed by atoms with Crippen LogP contribution in [-0.4, -0.2) is 4.57 Å². The molecule has 0 fully saturated rings. The molecule has 0 N–H and O–H groups in total. The minimum atomic E-state index is 1.14. The lowest BCUT2D eigenvalue weighted by Gasteiger charge is -2.12. The predicted octanol–water partition coefficient (Wildman–Crippen LogP) is 8.95. The van der Waals surface area contributed by atoms with Gasteiger partial charge in [-0.25, -0.2) is 0 Å². The predicted molar refractivity (Wildman–Crippen MR) is 144 cm³/mol. The SMILES string of the molecule is C=Cc1c(/C=C\C)n(-c2ccc(-c3ccccc3)cc2)c2cc(-c3cccc(C)c3)ccc12. The molecule has 1 nitrogen and oxygen atoms in total. The van der Waals surface area contributed by atoms with Crippen LogP contribution in [0, 0.1) is 6.92 Å². The number of fused-ring (bicyclic) bond motifs is 1. The standard InChI is InChI=1S/C32H27N/c1-4-10-31-29(5-2)30-20-17-27(26-14-9-11-23(3)21-26)22-32(30)33(31)28-18-15-25(16-19-28)24-12-7-6-8-13-24/h4-22H,2H2,1,3H3/b10-4-. The molecule has 0 aliphatic heterocycles. The van der Waals surface area contributed by atoms with E-state index in [2.05, 4.69) is 134 Å². The van der Waals surface area contributed by atoms with Crippen LogP contribution in [0.2, 0.25) is 0 Å². The zero-order valence-corrected chi connectivity index (χ0v) is 19.1. The molecular formula is C32H27N. The Bertz CT molecular complexity index is 1470. The van der Waals surface area contributed by atoms with E-state index in [4.69, 9.17) is 0 Å². The summed E-state index contributed by atoms with van der Waals surface area (Å²) in [4.78, 5) is 0. The molecule has 0 amide bonds. The minimum absolute atomic E-state index is 1.14. The molecule has 0 radical (unpaired) electrons. The number of nitrogens with zero attached hydrogens (tertiary/aromatic N) is 1. The van der Waals surface area contributed by atoms with Gasteiger partial charge < -0.3 is 4.57 Å². The average Bonchev–Trinajstić information content (AvgIpc) is 3.17. The van der Waals surface area contributed by atoms with Crippen molar-refractivity contribution in [2.45, 2.75) is 13.8 Å². The molecule has 0 bridgehead atoms. The zero-order chi connectivity index (χ0) is 22.8. The van der Waals surface area contributed by atoms with Crippen LogP contribution in [0.1, 0.15) is 23.7 Å². The summed E-state index contributed by atoms with van der Waals surface area (Å²) in [5, 5.41) is 1.21. The summed E-state index contributed by atoms with van der Waals surface area (Å²) in [7, 11) is 0. The van der Waals surface area contributed by atoms with Gasteiger partial charge in [0.25, 0.3) is 0 Å². The summed E-state index contributed by atoms with van der Waals surface area (Å²) in [5.41, 5.74) is 10.8. The molecule has 0 aliphatic rings. The van der Waals surface area contributed by atoms with Crippen molar-refractivity contribution in [2.75, 3.05) is 0 Å². The second-order valence-electron chi connectivity index (χ2n) is 8.35. The van der Waals surface area contributed by atoms with Crippen LogP contribution in [0.5, 0.6) is 0 Å². The number of hydrogen-bond acceptors (Lipinski definition) is 0. The summed E-state index contributed by atoms with van der Waals surface area (Å²) < 4.78 is 2.35. The van der Waals surface area contributed by atoms with Crippen molar-refractivity contribution in [3.8, 4) is 27.9 Å². The molecule has 33 heavy (non-hydrogen) atoms. The number of allylic oxidation sites excluding steroid dienone is 1. The Morgan fingerprint density at radius 2 is 1.36 bits per heavy atom. The first-order valence-corrected chi connectivity index (χ1v) is 11.4. The van der Waals surface area contributed by atoms with Crippen molar-refractivity contribution in [3.05, 3.63) is 127 Å². The van der Waals surface area contributed by atoms with E-state index < -0.39 is 0 Å². The number of rotatable bonds is 5. The number of hydrogen-bond donors (Lipinski definition) is 0. The lowest BCUT2D eigenvalue weighted by atomic mass is 10.0.